The number of hydrogen-bond acceptors (Lipinski definition) is 3. The van der Waals surface area contributed by atoms with Crippen molar-refractivity contribution in [1.29, 1.82) is 0 Å². The van der Waals surface area contributed by atoms with Crippen molar-refractivity contribution in [2.45, 2.75) is 19.9 Å². The Bertz CT molecular complexity index is 302. The van der Waals surface area contributed by atoms with E-state index >= 15 is 0 Å². The van der Waals surface area contributed by atoms with Gasteiger partial charge in [-0.05, 0) is 42.8 Å². The molecule has 1 aromatic rings. The molecule has 0 bridgehead atoms. The van der Waals surface area contributed by atoms with E-state index < -0.39 is 0 Å². The Labute approximate surface area is 97.4 Å². The minimum atomic E-state index is 0.915. The molecule has 0 aliphatic rings. The highest BCUT2D eigenvalue weighted by molar-refractivity contribution is 7.80. The molecule has 0 unspecified atom stereocenters. The number of methoxy groups -OCH3 is 1. The van der Waals surface area contributed by atoms with Crippen LogP contribution in [0.2, 0.25) is 0 Å². The monoisotopic (exact) mass is 225 g/mol. The number of hydrogen-bond donors (Lipinski definition) is 2. The van der Waals surface area contributed by atoms with E-state index in [1.54, 1.807) is 7.11 Å². The van der Waals surface area contributed by atoms with E-state index in [0.717, 1.165) is 31.0 Å². The van der Waals surface area contributed by atoms with Gasteiger partial charge >= 0.3 is 0 Å². The fraction of sp³-hybridized carbons (Fsp3) is 0.500. The van der Waals surface area contributed by atoms with E-state index in [0.29, 0.717) is 0 Å². The fourth-order valence-corrected chi connectivity index (χ4v) is 1.65. The van der Waals surface area contributed by atoms with Crippen molar-refractivity contribution in [2.24, 2.45) is 0 Å². The summed E-state index contributed by atoms with van der Waals surface area (Å²) in [6.07, 6.45) is 1.11. The molecule has 0 radical (unpaired) electrons. The number of aryl methyl sites for hydroxylation is 1. The molecule has 2 nitrogen and oxygen atoms in total. The van der Waals surface area contributed by atoms with Crippen LogP contribution in [0.1, 0.15) is 17.5 Å². The van der Waals surface area contributed by atoms with Gasteiger partial charge in [0.05, 0.1) is 7.11 Å². The molecule has 15 heavy (non-hydrogen) atoms. The molecular formula is C12H19NOS. The molecule has 0 saturated carbocycles. The van der Waals surface area contributed by atoms with Gasteiger partial charge < -0.3 is 10.1 Å². The maximum Gasteiger partial charge on any atom is 0.121 e. The predicted molar refractivity (Wildman–Crippen MR) is 67.9 cm³/mol. The van der Waals surface area contributed by atoms with E-state index in [1.165, 1.54) is 11.1 Å². The average Bonchev–Trinajstić information content (AvgIpc) is 2.25. The van der Waals surface area contributed by atoms with E-state index in [4.69, 9.17) is 4.74 Å². The van der Waals surface area contributed by atoms with Crippen LogP contribution in [0.25, 0.3) is 0 Å². The second-order valence-corrected chi connectivity index (χ2v) is 4.01. The summed E-state index contributed by atoms with van der Waals surface area (Å²) in [5, 5.41) is 3.38. The van der Waals surface area contributed by atoms with Crippen LogP contribution in [-0.2, 0) is 6.54 Å². The molecule has 3 heteroatoms. The van der Waals surface area contributed by atoms with Gasteiger partial charge in [0.25, 0.3) is 0 Å². The summed E-state index contributed by atoms with van der Waals surface area (Å²) in [5.74, 6) is 1.89. The van der Waals surface area contributed by atoms with Crippen molar-refractivity contribution in [3.05, 3.63) is 29.3 Å². The first-order valence-corrected chi connectivity index (χ1v) is 5.86. The maximum absolute atomic E-state index is 5.21. The van der Waals surface area contributed by atoms with Crippen molar-refractivity contribution in [2.75, 3.05) is 19.4 Å². The first-order chi connectivity index (χ1) is 7.27. The topological polar surface area (TPSA) is 21.3 Å². The maximum atomic E-state index is 5.21. The number of nitrogens with one attached hydrogen (secondary N) is 1. The molecule has 1 aromatic carbocycles. The van der Waals surface area contributed by atoms with Crippen LogP contribution in [0.3, 0.4) is 0 Å². The molecule has 1 rings (SSSR count). The zero-order chi connectivity index (χ0) is 11.1. The lowest BCUT2D eigenvalue weighted by atomic mass is 10.1. The van der Waals surface area contributed by atoms with Gasteiger partial charge in [-0.25, -0.2) is 0 Å². The quantitative estimate of drug-likeness (QED) is 0.573. The molecule has 84 valence electrons. The summed E-state index contributed by atoms with van der Waals surface area (Å²) in [4.78, 5) is 0. The molecule has 0 fully saturated rings. The molecule has 0 spiro atoms. The smallest absolute Gasteiger partial charge is 0.121 e. The summed E-state index contributed by atoms with van der Waals surface area (Å²) in [5.41, 5.74) is 2.48. The van der Waals surface area contributed by atoms with Crippen LogP contribution in [0, 0.1) is 6.92 Å². The Hall–Kier alpha value is -0.670. The first-order valence-electron chi connectivity index (χ1n) is 5.23. The SMILES string of the molecule is COc1ccc(CNCCCS)cc1C. The van der Waals surface area contributed by atoms with Gasteiger partial charge in [0.2, 0.25) is 0 Å². The summed E-state index contributed by atoms with van der Waals surface area (Å²) >= 11 is 4.17. The van der Waals surface area contributed by atoms with Crippen LogP contribution in [0.15, 0.2) is 18.2 Å². The van der Waals surface area contributed by atoms with E-state index in [2.05, 4.69) is 37.0 Å². The third-order valence-corrected chi connectivity index (χ3v) is 2.62. The van der Waals surface area contributed by atoms with Crippen LogP contribution < -0.4 is 10.1 Å². The molecule has 0 atom stereocenters. The summed E-state index contributed by atoms with van der Waals surface area (Å²) in [6, 6.07) is 6.27. The zero-order valence-corrected chi connectivity index (χ0v) is 10.3. The van der Waals surface area contributed by atoms with Crippen LogP contribution >= 0.6 is 12.6 Å². The average molecular weight is 225 g/mol. The molecule has 1 N–H and O–H groups in total. The van der Waals surface area contributed by atoms with Crippen LogP contribution in [0.5, 0.6) is 5.75 Å². The summed E-state index contributed by atoms with van der Waals surface area (Å²) in [7, 11) is 1.70. The van der Waals surface area contributed by atoms with Gasteiger partial charge in [-0.3, -0.25) is 0 Å². The highest BCUT2D eigenvalue weighted by atomic mass is 32.1. The Morgan fingerprint density at radius 3 is 2.80 bits per heavy atom. The third-order valence-electron chi connectivity index (χ3n) is 2.30. The van der Waals surface area contributed by atoms with Crippen LogP contribution in [0.4, 0.5) is 0 Å². The zero-order valence-electron chi connectivity index (χ0n) is 9.42. The van der Waals surface area contributed by atoms with Gasteiger partial charge in [0.15, 0.2) is 0 Å². The Balaban J connectivity index is 2.45. The van der Waals surface area contributed by atoms with E-state index in [-0.39, 0.29) is 0 Å². The lowest BCUT2D eigenvalue weighted by molar-refractivity contribution is 0.411. The van der Waals surface area contributed by atoms with Crippen LogP contribution in [-0.4, -0.2) is 19.4 Å². The second kappa shape index (κ2) is 6.75. The number of rotatable bonds is 6. The highest BCUT2D eigenvalue weighted by Gasteiger charge is 1.99. The highest BCUT2D eigenvalue weighted by Crippen LogP contribution is 2.18. The van der Waals surface area contributed by atoms with E-state index in [9.17, 15) is 0 Å². The van der Waals surface area contributed by atoms with E-state index in [1.807, 2.05) is 6.07 Å². The lowest BCUT2D eigenvalue weighted by Gasteiger charge is -2.08. The van der Waals surface area contributed by atoms with Crippen molar-refractivity contribution < 1.29 is 4.74 Å². The van der Waals surface area contributed by atoms with Gasteiger partial charge in [-0.15, -0.1) is 0 Å². The van der Waals surface area contributed by atoms with Gasteiger partial charge in [0.1, 0.15) is 5.75 Å². The Morgan fingerprint density at radius 1 is 1.40 bits per heavy atom. The molecular weight excluding hydrogens is 206 g/mol. The van der Waals surface area contributed by atoms with Gasteiger partial charge in [-0.1, -0.05) is 12.1 Å². The third kappa shape index (κ3) is 4.14. The largest absolute Gasteiger partial charge is 0.496 e. The lowest BCUT2D eigenvalue weighted by Crippen LogP contribution is -2.15. The number of benzene rings is 1. The minimum Gasteiger partial charge on any atom is -0.496 e. The predicted octanol–water partition coefficient (Wildman–Crippen LogP) is 2.41. The first kappa shape index (κ1) is 12.4. The molecule has 0 aliphatic carbocycles. The normalized spacial score (nSPS) is 10.3. The second-order valence-electron chi connectivity index (χ2n) is 3.56. The molecule has 0 heterocycles. The standard InChI is InChI=1S/C12H19NOS/c1-10-8-11(4-5-12(10)14-2)9-13-6-3-7-15/h4-5,8,13,15H,3,6-7,9H2,1-2H3. The number of ether oxygens (including phenoxy) is 1. The van der Waals surface area contributed by atoms with Crippen molar-refractivity contribution in [1.82, 2.24) is 5.32 Å². The van der Waals surface area contributed by atoms with Crippen molar-refractivity contribution in [3.8, 4) is 5.75 Å². The summed E-state index contributed by atoms with van der Waals surface area (Å²) < 4.78 is 5.21. The fourth-order valence-electron chi connectivity index (χ4n) is 1.49. The van der Waals surface area contributed by atoms with Crippen molar-refractivity contribution >= 4 is 12.6 Å². The number of thiol groups is 1. The van der Waals surface area contributed by atoms with Gasteiger partial charge in [-0.2, -0.15) is 12.6 Å². The minimum absolute atomic E-state index is 0.915. The molecule has 0 aromatic heterocycles. The Morgan fingerprint density at radius 2 is 2.20 bits per heavy atom. The summed E-state index contributed by atoms with van der Waals surface area (Å²) in [6.45, 7) is 4.00. The molecule has 0 aliphatic heterocycles. The van der Waals surface area contributed by atoms with Crippen molar-refractivity contribution in [3.63, 3.8) is 0 Å². The molecule has 0 amide bonds. The Kier molecular flexibility index (Phi) is 5.58. The molecule has 0 saturated heterocycles. The van der Waals surface area contributed by atoms with Gasteiger partial charge in [0, 0.05) is 6.54 Å².